The van der Waals surface area contributed by atoms with E-state index in [0.717, 1.165) is 16.9 Å². The number of nitrogens with one attached hydrogen (secondary N) is 2. The second-order valence-corrected chi connectivity index (χ2v) is 5.62. The van der Waals surface area contributed by atoms with E-state index in [9.17, 15) is 0 Å². The Morgan fingerprint density at radius 3 is 2.79 bits per heavy atom. The Bertz CT molecular complexity index is 711. The molecule has 2 N–H and O–H groups in total. The van der Waals surface area contributed by atoms with Crippen molar-refractivity contribution in [2.45, 2.75) is 13.5 Å². The van der Waals surface area contributed by atoms with E-state index >= 15 is 0 Å². The molecule has 0 aliphatic carbocycles. The van der Waals surface area contributed by atoms with Gasteiger partial charge in [-0.2, -0.15) is 5.10 Å². The van der Waals surface area contributed by atoms with Crippen molar-refractivity contribution in [1.82, 2.24) is 10.7 Å². The standard InChI is InChI=1S/C19H21N3OS/c1-3-11-20-19(24)22-21-13-17-5-4-6-18(12-17)23-14-16-9-7-15(2)8-10-16/h3-10,12-13H,1,11,14H2,2H3,(H2,20,22,24)/b21-13-. The van der Waals surface area contributed by atoms with Crippen LogP contribution in [-0.2, 0) is 6.61 Å². The van der Waals surface area contributed by atoms with E-state index in [1.165, 1.54) is 5.56 Å². The first-order chi connectivity index (χ1) is 11.7. The van der Waals surface area contributed by atoms with E-state index in [1.807, 2.05) is 24.3 Å². The number of hydrogen-bond acceptors (Lipinski definition) is 3. The maximum Gasteiger partial charge on any atom is 0.187 e. The molecule has 24 heavy (non-hydrogen) atoms. The fourth-order valence-corrected chi connectivity index (χ4v) is 2.04. The third kappa shape index (κ3) is 6.22. The van der Waals surface area contributed by atoms with Crippen LogP contribution in [0.25, 0.3) is 0 Å². The van der Waals surface area contributed by atoms with E-state index < -0.39 is 0 Å². The number of hydrazone groups is 1. The first-order valence-electron chi connectivity index (χ1n) is 7.63. The summed E-state index contributed by atoms with van der Waals surface area (Å²) in [6.07, 6.45) is 3.42. The van der Waals surface area contributed by atoms with Crippen molar-refractivity contribution in [3.8, 4) is 5.75 Å². The van der Waals surface area contributed by atoms with Crippen LogP contribution in [0.15, 0.2) is 66.3 Å². The van der Waals surface area contributed by atoms with Crippen LogP contribution in [-0.4, -0.2) is 17.9 Å². The second kappa shape index (κ2) is 9.47. The molecule has 0 saturated heterocycles. The van der Waals surface area contributed by atoms with Gasteiger partial charge in [-0.15, -0.1) is 6.58 Å². The number of benzene rings is 2. The normalized spacial score (nSPS) is 10.4. The highest BCUT2D eigenvalue weighted by Crippen LogP contribution is 2.14. The lowest BCUT2D eigenvalue weighted by molar-refractivity contribution is 0.306. The van der Waals surface area contributed by atoms with Gasteiger partial charge in [0.05, 0.1) is 6.21 Å². The molecular formula is C19H21N3OS. The van der Waals surface area contributed by atoms with Crippen LogP contribution < -0.4 is 15.5 Å². The minimum Gasteiger partial charge on any atom is -0.489 e. The average molecular weight is 339 g/mol. The maximum atomic E-state index is 5.82. The lowest BCUT2D eigenvalue weighted by Gasteiger charge is -2.07. The molecule has 0 atom stereocenters. The molecule has 2 aromatic rings. The summed E-state index contributed by atoms with van der Waals surface area (Å²) in [6, 6.07) is 16.0. The Hall–Kier alpha value is -2.66. The van der Waals surface area contributed by atoms with Gasteiger partial charge in [-0.25, -0.2) is 0 Å². The van der Waals surface area contributed by atoms with Crippen molar-refractivity contribution >= 4 is 23.5 Å². The quantitative estimate of drug-likeness (QED) is 0.350. The third-order valence-electron chi connectivity index (χ3n) is 3.17. The third-order valence-corrected chi connectivity index (χ3v) is 3.41. The zero-order valence-corrected chi connectivity index (χ0v) is 14.5. The lowest BCUT2D eigenvalue weighted by atomic mass is 10.2. The molecule has 0 fully saturated rings. The van der Waals surface area contributed by atoms with Gasteiger partial charge in [-0.1, -0.05) is 48.0 Å². The fourth-order valence-electron chi connectivity index (χ4n) is 1.91. The number of rotatable bonds is 7. The molecule has 0 heterocycles. The Balaban J connectivity index is 1.87. The molecule has 0 aliphatic rings. The molecule has 2 aromatic carbocycles. The number of nitrogens with zero attached hydrogens (tertiary/aromatic N) is 1. The van der Waals surface area contributed by atoms with E-state index in [4.69, 9.17) is 17.0 Å². The molecule has 0 unspecified atom stereocenters. The van der Waals surface area contributed by atoms with Gasteiger partial charge in [0.15, 0.2) is 5.11 Å². The summed E-state index contributed by atoms with van der Waals surface area (Å²) < 4.78 is 5.82. The van der Waals surface area contributed by atoms with Gasteiger partial charge in [0.1, 0.15) is 12.4 Å². The van der Waals surface area contributed by atoms with Crippen LogP contribution in [0.4, 0.5) is 0 Å². The van der Waals surface area contributed by atoms with Gasteiger partial charge in [0.2, 0.25) is 0 Å². The van der Waals surface area contributed by atoms with Gasteiger partial charge in [0.25, 0.3) is 0 Å². The van der Waals surface area contributed by atoms with Gasteiger partial charge >= 0.3 is 0 Å². The van der Waals surface area contributed by atoms with Gasteiger partial charge < -0.3 is 10.1 Å². The van der Waals surface area contributed by atoms with E-state index in [2.05, 4.69) is 53.6 Å². The molecule has 0 radical (unpaired) electrons. The molecule has 4 nitrogen and oxygen atoms in total. The topological polar surface area (TPSA) is 45.7 Å². The van der Waals surface area contributed by atoms with Crippen molar-refractivity contribution < 1.29 is 4.74 Å². The second-order valence-electron chi connectivity index (χ2n) is 5.22. The highest BCUT2D eigenvalue weighted by Gasteiger charge is 1.98. The summed E-state index contributed by atoms with van der Waals surface area (Å²) in [5, 5.41) is 7.49. The molecule has 124 valence electrons. The summed E-state index contributed by atoms with van der Waals surface area (Å²) >= 11 is 5.06. The van der Waals surface area contributed by atoms with Crippen LogP contribution in [0.2, 0.25) is 0 Å². The van der Waals surface area contributed by atoms with Crippen LogP contribution in [0.3, 0.4) is 0 Å². The maximum absolute atomic E-state index is 5.82. The molecule has 2 rings (SSSR count). The molecule has 5 heteroatoms. The number of ether oxygens (including phenoxy) is 1. The van der Waals surface area contributed by atoms with Crippen molar-refractivity contribution in [2.24, 2.45) is 5.10 Å². The van der Waals surface area contributed by atoms with Crippen LogP contribution in [0, 0.1) is 6.92 Å². The smallest absolute Gasteiger partial charge is 0.187 e. The Labute approximate surface area is 148 Å². The lowest BCUT2D eigenvalue weighted by Crippen LogP contribution is -2.31. The molecule has 0 spiro atoms. The van der Waals surface area contributed by atoms with Gasteiger partial charge in [-0.05, 0) is 42.4 Å². The zero-order chi connectivity index (χ0) is 17.2. The summed E-state index contributed by atoms with van der Waals surface area (Å²) in [5.41, 5.74) is 6.06. The molecule has 0 aliphatic heterocycles. The average Bonchev–Trinajstić information content (AvgIpc) is 2.60. The Kier molecular flexibility index (Phi) is 6.98. The number of thiocarbonyl (C=S) groups is 1. The fraction of sp³-hybridized carbons (Fsp3) is 0.158. The number of aryl methyl sites for hydroxylation is 1. The van der Waals surface area contributed by atoms with Crippen molar-refractivity contribution in [3.05, 3.63) is 77.9 Å². The highest BCUT2D eigenvalue weighted by atomic mass is 32.1. The molecule has 0 saturated carbocycles. The Morgan fingerprint density at radius 1 is 1.25 bits per heavy atom. The van der Waals surface area contributed by atoms with E-state index in [-0.39, 0.29) is 0 Å². The molecular weight excluding hydrogens is 318 g/mol. The minimum atomic E-state index is 0.456. The summed E-state index contributed by atoms with van der Waals surface area (Å²) in [5.74, 6) is 0.798. The van der Waals surface area contributed by atoms with Crippen molar-refractivity contribution in [3.63, 3.8) is 0 Å². The first-order valence-corrected chi connectivity index (χ1v) is 8.04. The van der Waals surface area contributed by atoms with Gasteiger partial charge in [-0.3, -0.25) is 5.43 Å². The van der Waals surface area contributed by atoms with Crippen LogP contribution >= 0.6 is 12.2 Å². The first kappa shape index (κ1) is 17.7. The van der Waals surface area contributed by atoms with Gasteiger partial charge in [0, 0.05) is 6.54 Å². The number of hydrogen-bond donors (Lipinski definition) is 2. The van der Waals surface area contributed by atoms with E-state index in [1.54, 1.807) is 12.3 Å². The SMILES string of the molecule is C=CCNC(=S)N/N=C\c1cccc(OCc2ccc(C)cc2)c1. The van der Waals surface area contributed by atoms with Crippen LogP contribution in [0.5, 0.6) is 5.75 Å². The predicted molar refractivity (Wildman–Crippen MR) is 103 cm³/mol. The molecule has 0 amide bonds. The summed E-state index contributed by atoms with van der Waals surface area (Å²) in [7, 11) is 0. The molecule has 0 aromatic heterocycles. The Morgan fingerprint density at radius 2 is 2.04 bits per heavy atom. The predicted octanol–water partition coefficient (Wildman–Crippen LogP) is 3.56. The largest absolute Gasteiger partial charge is 0.489 e. The molecule has 0 bridgehead atoms. The zero-order valence-electron chi connectivity index (χ0n) is 13.7. The monoisotopic (exact) mass is 339 g/mol. The van der Waals surface area contributed by atoms with Crippen molar-refractivity contribution in [2.75, 3.05) is 6.54 Å². The summed E-state index contributed by atoms with van der Waals surface area (Å²) in [4.78, 5) is 0. The highest BCUT2D eigenvalue weighted by molar-refractivity contribution is 7.80. The minimum absolute atomic E-state index is 0.456. The summed E-state index contributed by atoms with van der Waals surface area (Å²) in [6.45, 7) is 6.82. The van der Waals surface area contributed by atoms with E-state index in [0.29, 0.717) is 18.3 Å². The van der Waals surface area contributed by atoms with Crippen molar-refractivity contribution in [1.29, 1.82) is 0 Å². The van der Waals surface area contributed by atoms with Crippen LogP contribution in [0.1, 0.15) is 16.7 Å².